The number of aliphatic hydroxyl groups excluding tert-OH is 1. The second-order valence-corrected chi connectivity index (χ2v) is 6.34. The second-order valence-electron chi connectivity index (χ2n) is 6.34. The summed E-state index contributed by atoms with van der Waals surface area (Å²) in [7, 11) is 1.28. The van der Waals surface area contributed by atoms with Crippen LogP contribution in [0.15, 0.2) is 34.9 Å². The summed E-state index contributed by atoms with van der Waals surface area (Å²) >= 11 is 0. The molecule has 0 rings (SSSR count). The summed E-state index contributed by atoms with van der Waals surface area (Å²) in [6.07, 6.45) is 10.0. The van der Waals surface area contributed by atoms with E-state index in [1.807, 2.05) is 0 Å². The molecule has 0 aliphatic rings. The number of ether oxygens (including phenoxy) is 1. The van der Waals surface area contributed by atoms with Gasteiger partial charge < -0.3 is 9.84 Å². The van der Waals surface area contributed by atoms with Gasteiger partial charge in [-0.1, -0.05) is 34.9 Å². The summed E-state index contributed by atoms with van der Waals surface area (Å²) in [5.74, 6) is -1.51. The monoisotopic (exact) mass is 336 g/mol. The molecule has 0 spiro atoms. The highest BCUT2D eigenvalue weighted by atomic mass is 16.5. The SMILES string of the molecule is COC(=O)C(C/C(=C/CO)CC/C=C(\C)CCC=C(C)C)C(C)=O. The van der Waals surface area contributed by atoms with Gasteiger partial charge in [0.25, 0.3) is 0 Å². The standard InChI is InChI=1S/C20H32O4/c1-15(2)8-6-9-16(3)10-7-11-18(12-13-21)14-19(17(4)22)20(23)24-5/h8,10,12,19,21H,6-7,9,11,13-14H2,1-5H3/b16-10+,18-12+. The highest BCUT2D eigenvalue weighted by Gasteiger charge is 2.24. The number of aliphatic hydroxyl groups is 1. The Kier molecular flexibility index (Phi) is 11.8. The van der Waals surface area contributed by atoms with Gasteiger partial charge in [-0.05, 0) is 59.8 Å². The zero-order valence-corrected chi connectivity index (χ0v) is 15.7. The van der Waals surface area contributed by atoms with Crippen LogP contribution in [0, 0.1) is 5.92 Å². The predicted octanol–water partition coefficient (Wildman–Crippen LogP) is 4.15. The van der Waals surface area contributed by atoms with Gasteiger partial charge in [0.05, 0.1) is 13.7 Å². The molecule has 24 heavy (non-hydrogen) atoms. The highest BCUT2D eigenvalue weighted by Crippen LogP contribution is 2.20. The van der Waals surface area contributed by atoms with Crippen molar-refractivity contribution in [1.82, 2.24) is 0 Å². The van der Waals surface area contributed by atoms with E-state index in [-0.39, 0.29) is 12.4 Å². The van der Waals surface area contributed by atoms with Crippen LogP contribution >= 0.6 is 0 Å². The molecule has 1 N–H and O–H groups in total. The van der Waals surface area contributed by atoms with Gasteiger partial charge in [-0.2, -0.15) is 0 Å². The van der Waals surface area contributed by atoms with Crippen molar-refractivity contribution in [3.8, 4) is 0 Å². The van der Waals surface area contributed by atoms with Crippen molar-refractivity contribution in [3.05, 3.63) is 34.9 Å². The van der Waals surface area contributed by atoms with Gasteiger partial charge in [0.15, 0.2) is 0 Å². The van der Waals surface area contributed by atoms with Gasteiger partial charge >= 0.3 is 5.97 Å². The fraction of sp³-hybridized carbons (Fsp3) is 0.600. The highest BCUT2D eigenvalue weighted by molar-refractivity contribution is 5.97. The third kappa shape index (κ3) is 10.2. The van der Waals surface area contributed by atoms with Gasteiger partial charge in [0, 0.05) is 0 Å². The lowest BCUT2D eigenvalue weighted by Gasteiger charge is -2.14. The Morgan fingerprint density at radius 2 is 1.62 bits per heavy atom. The van der Waals surface area contributed by atoms with Crippen molar-refractivity contribution >= 4 is 11.8 Å². The van der Waals surface area contributed by atoms with E-state index in [1.54, 1.807) is 6.08 Å². The topological polar surface area (TPSA) is 63.6 Å². The predicted molar refractivity (Wildman–Crippen MR) is 97.6 cm³/mol. The van der Waals surface area contributed by atoms with E-state index in [0.29, 0.717) is 6.42 Å². The van der Waals surface area contributed by atoms with E-state index >= 15 is 0 Å². The van der Waals surface area contributed by atoms with Crippen LogP contribution in [-0.4, -0.2) is 30.6 Å². The number of hydrogen-bond acceptors (Lipinski definition) is 4. The zero-order chi connectivity index (χ0) is 18.5. The number of Topliss-reactive ketones (excluding diaryl/α,β-unsaturated/α-hetero) is 1. The van der Waals surface area contributed by atoms with Crippen LogP contribution in [0.4, 0.5) is 0 Å². The van der Waals surface area contributed by atoms with Crippen LogP contribution in [0.3, 0.4) is 0 Å². The minimum Gasteiger partial charge on any atom is -0.468 e. The van der Waals surface area contributed by atoms with Gasteiger partial charge in [0.2, 0.25) is 0 Å². The molecule has 0 saturated heterocycles. The second kappa shape index (κ2) is 12.7. The molecule has 0 aromatic carbocycles. The summed E-state index contributed by atoms with van der Waals surface area (Å²) in [6.45, 7) is 7.60. The molecule has 1 atom stereocenters. The van der Waals surface area contributed by atoms with Crippen molar-refractivity contribution in [1.29, 1.82) is 0 Å². The first-order valence-corrected chi connectivity index (χ1v) is 8.47. The largest absolute Gasteiger partial charge is 0.468 e. The Balaban J connectivity index is 4.64. The van der Waals surface area contributed by atoms with E-state index < -0.39 is 11.9 Å². The van der Waals surface area contributed by atoms with Gasteiger partial charge in [-0.15, -0.1) is 0 Å². The van der Waals surface area contributed by atoms with Crippen LogP contribution in [0.1, 0.15) is 59.8 Å². The normalized spacial score (nSPS) is 13.4. The maximum absolute atomic E-state index is 11.7. The van der Waals surface area contributed by atoms with Crippen LogP contribution in [0.5, 0.6) is 0 Å². The maximum atomic E-state index is 11.7. The summed E-state index contributed by atoms with van der Waals surface area (Å²) in [4.78, 5) is 23.3. The number of carbonyl (C=O) groups excluding carboxylic acids is 2. The van der Waals surface area contributed by atoms with Crippen LogP contribution in [-0.2, 0) is 14.3 Å². The molecule has 0 bridgehead atoms. The summed E-state index contributed by atoms with van der Waals surface area (Å²) in [5, 5.41) is 9.16. The van der Waals surface area contributed by atoms with Gasteiger partial charge in [0.1, 0.15) is 11.7 Å². The van der Waals surface area contributed by atoms with E-state index in [2.05, 4.69) is 32.9 Å². The first-order chi connectivity index (χ1) is 11.3. The third-order valence-corrected chi connectivity index (χ3v) is 3.87. The molecule has 0 aromatic heterocycles. The van der Waals surface area contributed by atoms with Crippen molar-refractivity contribution in [2.75, 3.05) is 13.7 Å². The fourth-order valence-electron chi connectivity index (χ4n) is 2.41. The summed E-state index contributed by atoms with van der Waals surface area (Å²) in [6, 6.07) is 0. The summed E-state index contributed by atoms with van der Waals surface area (Å²) in [5.41, 5.74) is 3.57. The molecule has 0 heterocycles. The molecule has 0 aromatic rings. The molecule has 0 amide bonds. The smallest absolute Gasteiger partial charge is 0.316 e. The van der Waals surface area contributed by atoms with Crippen LogP contribution in [0.25, 0.3) is 0 Å². The molecule has 0 aliphatic heterocycles. The Morgan fingerprint density at radius 1 is 1.00 bits per heavy atom. The van der Waals surface area contributed by atoms with Crippen LogP contribution in [0.2, 0.25) is 0 Å². The average Bonchev–Trinajstić information content (AvgIpc) is 2.51. The Hall–Kier alpha value is -1.68. The van der Waals surface area contributed by atoms with Gasteiger partial charge in [-0.3, -0.25) is 9.59 Å². The minimum atomic E-state index is -0.782. The number of allylic oxidation sites excluding steroid dienone is 5. The molecular weight excluding hydrogens is 304 g/mol. The molecule has 136 valence electrons. The van der Waals surface area contributed by atoms with E-state index in [0.717, 1.165) is 31.3 Å². The number of hydrogen-bond donors (Lipinski definition) is 1. The number of carbonyl (C=O) groups is 2. The third-order valence-electron chi connectivity index (χ3n) is 3.87. The van der Waals surface area contributed by atoms with Crippen molar-refractivity contribution in [3.63, 3.8) is 0 Å². The molecule has 1 unspecified atom stereocenters. The molecular formula is C20H32O4. The maximum Gasteiger partial charge on any atom is 0.316 e. The average molecular weight is 336 g/mol. The Labute approximate surface area is 146 Å². The van der Waals surface area contributed by atoms with Gasteiger partial charge in [-0.25, -0.2) is 0 Å². The number of methoxy groups -OCH3 is 1. The molecule has 0 aliphatic carbocycles. The first-order valence-electron chi connectivity index (χ1n) is 8.47. The quantitative estimate of drug-likeness (QED) is 0.350. The lowest BCUT2D eigenvalue weighted by atomic mass is 9.93. The van der Waals surface area contributed by atoms with E-state index in [4.69, 9.17) is 9.84 Å². The van der Waals surface area contributed by atoms with Crippen molar-refractivity contribution < 1.29 is 19.4 Å². The van der Waals surface area contributed by atoms with E-state index in [9.17, 15) is 9.59 Å². The summed E-state index contributed by atoms with van der Waals surface area (Å²) < 4.78 is 4.69. The fourth-order valence-corrected chi connectivity index (χ4v) is 2.41. The molecule has 0 fully saturated rings. The molecule has 4 heteroatoms. The lowest BCUT2D eigenvalue weighted by Crippen LogP contribution is -2.24. The Morgan fingerprint density at radius 3 is 2.12 bits per heavy atom. The van der Waals surface area contributed by atoms with Crippen molar-refractivity contribution in [2.24, 2.45) is 5.92 Å². The van der Waals surface area contributed by atoms with Crippen molar-refractivity contribution in [2.45, 2.75) is 59.8 Å². The molecule has 4 nitrogen and oxygen atoms in total. The molecule has 0 radical (unpaired) electrons. The van der Waals surface area contributed by atoms with E-state index in [1.165, 1.54) is 25.2 Å². The van der Waals surface area contributed by atoms with Crippen LogP contribution < -0.4 is 0 Å². The molecule has 0 saturated carbocycles. The Bertz CT molecular complexity index is 494. The number of rotatable bonds is 11. The number of ketones is 1. The number of esters is 1. The lowest BCUT2D eigenvalue weighted by molar-refractivity contribution is -0.148. The zero-order valence-electron chi connectivity index (χ0n) is 15.7. The first kappa shape index (κ1) is 22.3. The minimum absolute atomic E-state index is 0.0929.